The SMILES string of the molecule is COc1cc(OC)cc(C(=O)N2CCN(C(=O)c3cnn(C)c3-n3c(C)ccc3C)CC2)c1. The highest BCUT2D eigenvalue weighted by Gasteiger charge is 2.29. The fourth-order valence-corrected chi connectivity index (χ4v) is 4.25. The highest BCUT2D eigenvalue weighted by atomic mass is 16.5. The molecule has 0 atom stereocenters. The van der Waals surface area contributed by atoms with Crippen LogP contribution in [0.3, 0.4) is 0 Å². The number of methoxy groups -OCH3 is 2. The lowest BCUT2D eigenvalue weighted by atomic mass is 10.1. The van der Waals surface area contributed by atoms with E-state index < -0.39 is 0 Å². The Balaban J connectivity index is 1.49. The number of benzene rings is 1. The van der Waals surface area contributed by atoms with Crippen LogP contribution in [0.15, 0.2) is 36.5 Å². The summed E-state index contributed by atoms with van der Waals surface area (Å²) in [4.78, 5) is 30.0. The van der Waals surface area contributed by atoms with Crippen molar-refractivity contribution in [3.63, 3.8) is 0 Å². The minimum absolute atomic E-state index is 0.0826. The van der Waals surface area contributed by atoms with Gasteiger partial charge in [-0.05, 0) is 38.1 Å². The molecule has 0 spiro atoms. The van der Waals surface area contributed by atoms with Gasteiger partial charge in [0.15, 0.2) is 0 Å². The minimum Gasteiger partial charge on any atom is -0.497 e. The van der Waals surface area contributed by atoms with Gasteiger partial charge in [0.25, 0.3) is 11.8 Å². The molecule has 0 aliphatic carbocycles. The molecule has 0 N–H and O–H groups in total. The summed E-state index contributed by atoms with van der Waals surface area (Å²) in [6, 6.07) is 9.17. The molecule has 1 aromatic carbocycles. The number of carbonyl (C=O) groups is 2. The number of hydrogen-bond donors (Lipinski definition) is 0. The van der Waals surface area contributed by atoms with E-state index in [2.05, 4.69) is 5.10 Å². The van der Waals surface area contributed by atoms with Crippen LogP contribution >= 0.6 is 0 Å². The summed E-state index contributed by atoms with van der Waals surface area (Å²) >= 11 is 0. The van der Waals surface area contributed by atoms with E-state index in [0.717, 1.165) is 17.2 Å². The molecular formula is C24H29N5O4. The molecule has 0 radical (unpaired) electrons. The number of piperazine rings is 1. The number of ether oxygens (including phenoxy) is 2. The molecule has 0 unspecified atom stereocenters. The summed E-state index contributed by atoms with van der Waals surface area (Å²) in [6.45, 7) is 5.80. The number of aromatic nitrogens is 3. The molecule has 174 valence electrons. The lowest BCUT2D eigenvalue weighted by molar-refractivity contribution is 0.0535. The number of aryl methyl sites for hydroxylation is 3. The molecule has 2 amide bonds. The summed E-state index contributed by atoms with van der Waals surface area (Å²) in [5, 5.41) is 4.35. The summed E-state index contributed by atoms with van der Waals surface area (Å²) in [5.74, 6) is 1.68. The van der Waals surface area contributed by atoms with Crippen LogP contribution in [0.25, 0.3) is 5.82 Å². The zero-order chi connectivity index (χ0) is 23.7. The standard InChI is InChI=1S/C24H29N5O4/c1-16-6-7-17(2)29(16)22-21(15-25-26(22)3)24(31)28-10-8-27(9-11-28)23(30)18-12-19(32-4)14-20(13-18)33-5/h6-7,12-15H,8-11H2,1-5H3. The van der Waals surface area contributed by atoms with E-state index >= 15 is 0 Å². The van der Waals surface area contributed by atoms with Crippen LogP contribution in [-0.4, -0.2) is 76.4 Å². The van der Waals surface area contributed by atoms with Crippen molar-refractivity contribution in [1.29, 1.82) is 0 Å². The van der Waals surface area contributed by atoms with Gasteiger partial charge < -0.3 is 23.8 Å². The maximum atomic E-state index is 13.4. The Bertz CT molecular complexity index is 1150. The maximum Gasteiger partial charge on any atom is 0.259 e. The number of amides is 2. The number of nitrogens with zero attached hydrogens (tertiary/aromatic N) is 5. The predicted octanol–water partition coefficient (Wildman–Crippen LogP) is 2.44. The van der Waals surface area contributed by atoms with Crippen molar-refractivity contribution in [1.82, 2.24) is 24.1 Å². The molecule has 3 heterocycles. The van der Waals surface area contributed by atoms with Gasteiger partial charge in [-0.2, -0.15) is 5.10 Å². The Morgan fingerprint density at radius 1 is 0.848 bits per heavy atom. The van der Waals surface area contributed by atoms with E-state index in [1.165, 1.54) is 0 Å². The summed E-state index contributed by atoms with van der Waals surface area (Å²) in [6.07, 6.45) is 1.62. The monoisotopic (exact) mass is 451 g/mol. The Morgan fingerprint density at radius 3 is 1.88 bits per heavy atom. The number of carbonyl (C=O) groups excluding carboxylic acids is 2. The van der Waals surface area contributed by atoms with Gasteiger partial charge >= 0.3 is 0 Å². The zero-order valence-corrected chi connectivity index (χ0v) is 19.7. The summed E-state index contributed by atoms with van der Waals surface area (Å²) < 4.78 is 14.3. The third-order valence-electron chi connectivity index (χ3n) is 6.07. The van der Waals surface area contributed by atoms with E-state index in [1.54, 1.807) is 53.1 Å². The smallest absolute Gasteiger partial charge is 0.259 e. The van der Waals surface area contributed by atoms with Gasteiger partial charge in [0.05, 0.1) is 20.4 Å². The lowest BCUT2D eigenvalue weighted by Gasteiger charge is -2.35. The van der Waals surface area contributed by atoms with Gasteiger partial charge in [-0.15, -0.1) is 0 Å². The molecule has 0 saturated carbocycles. The molecule has 4 rings (SSSR count). The van der Waals surface area contributed by atoms with Crippen molar-refractivity contribution in [2.45, 2.75) is 13.8 Å². The summed E-state index contributed by atoms with van der Waals surface area (Å²) in [7, 11) is 4.94. The highest BCUT2D eigenvalue weighted by Crippen LogP contribution is 2.25. The van der Waals surface area contributed by atoms with Crippen LogP contribution in [0.4, 0.5) is 0 Å². The molecule has 1 saturated heterocycles. The molecule has 1 fully saturated rings. The van der Waals surface area contributed by atoms with Crippen LogP contribution in [0, 0.1) is 13.8 Å². The Kier molecular flexibility index (Phi) is 6.13. The maximum absolute atomic E-state index is 13.4. The molecule has 3 aromatic rings. The van der Waals surface area contributed by atoms with Gasteiger partial charge in [0.2, 0.25) is 0 Å². The first-order valence-corrected chi connectivity index (χ1v) is 10.8. The van der Waals surface area contributed by atoms with Crippen LogP contribution in [0.5, 0.6) is 11.5 Å². The Hall–Kier alpha value is -3.75. The van der Waals surface area contributed by atoms with Crippen molar-refractivity contribution >= 4 is 11.8 Å². The second kappa shape index (κ2) is 9.01. The van der Waals surface area contributed by atoms with E-state index in [4.69, 9.17) is 9.47 Å². The third kappa shape index (κ3) is 4.18. The van der Waals surface area contributed by atoms with Crippen molar-refractivity contribution in [2.24, 2.45) is 7.05 Å². The Labute approximate surface area is 193 Å². The fraction of sp³-hybridized carbons (Fsp3) is 0.375. The average molecular weight is 452 g/mol. The first kappa shape index (κ1) is 22.4. The average Bonchev–Trinajstić information content (AvgIpc) is 3.38. The molecule has 9 heteroatoms. The van der Waals surface area contributed by atoms with E-state index in [9.17, 15) is 9.59 Å². The lowest BCUT2D eigenvalue weighted by Crippen LogP contribution is -2.50. The van der Waals surface area contributed by atoms with Crippen molar-refractivity contribution in [3.05, 3.63) is 59.0 Å². The predicted molar refractivity (Wildman–Crippen MR) is 123 cm³/mol. The molecule has 1 aliphatic rings. The number of hydrogen-bond acceptors (Lipinski definition) is 5. The highest BCUT2D eigenvalue weighted by molar-refractivity contribution is 5.98. The third-order valence-corrected chi connectivity index (χ3v) is 6.07. The molecule has 33 heavy (non-hydrogen) atoms. The summed E-state index contributed by atoms with van der Waals surface area (Å²) in [5.41, 5.74) is 3.12. The van der Waals surface area contributed by atoms with Crippen LogP contribution in [0.2, 0.25) is 0 Å². The largest absolute Gasteiger partial charge is 0.497 e. The van der Waals surface area contributed by atoms with Crippen LogP contribution in [-0.2, 0) is 7.05 Å². The minimum atomic E-state index is -0.111. The fourth-order valence-electron chi connectivity index (χ4n) is 4.25. The molecule has 1 aliphatic heterocycles. The van der Waals surface area contributed by atoms with E-state index in [-0.39, 0.29) is 11.8 Å². The normalized spacial score (nSPS) is 13.8. The van der Waals surface area contributed by atoms with E-state index in [0.29, 0.717) is 48.8 Å². The van der Waals surface area contributed by atoms with Crippen LogP contribution in [0.1, 0.15) is 32.1 Å². The molecular weight excluding hydrogens is 422 g/mol. The zero-order valence-electron chi connectivity index (χ0n) is 19.7. The second-order valence-electron chi connectivity index (χ2n) is 8.14. The topological polar surface area (TPSA) is 81.8 Å². The van der Waals surface area contributed by atoms with Gasteiger partial charge in [0.1, 0.15) is 22.9 Å². The van der Waals surface area contributed by atoms with Crippen molar-refractivity contribution in [2.75, 3.05) is 40.4 Å². The van der Waals surface area contributed by atoms with Gasteiger partial charge in [-0.25, -0.2) is 0 Å². The van der Waals surface area contributed by atoms with E-state index in [1.807, 2.05) is 37.6 Å². The first-order valence-electron chi connectivity index (χ1n) is 10.8. The van der Waals surface area contributed by atoms with Crippen molar-refractivity contribution in [3.8, 4) is 17.3 Å². The van der Waals surface area contributed by atoms with Gasteiger partial charge in [-0.3, -0.25) is 14.3 Å². The molecule has 9 nitrogen and oxygen atoms in total. The van der Waals surface area contributed by atoms with Gasteiger partial charge in [0, 0.05) is 56.2 Å². The molecule has 0 bridgehead atoms. The Morgan fingerprint density at radius 2 is 1.36 bits per heavy atom. The quantitative estimate of drug-likeness (QED) is 0.595. The number of rotatable bonds is 5. The first-order chi connectivity index (χ1) is 15.8. The molecule has 2 aromatic heterocycles. The van der Waals surface area contributed by atoms with Crippen LogP contribution < -0.4 is 9.47 Å². The second-order valence-corrected chi connectivity index (χ2v) is 8.14. The van der Waals surface area contributed by atoms with Crippen molar-refractivity contribution < 1.29 is 19.1 Å². The van der Waals surface area contributed by atoms with Gasteiger partial charge in [-0.1, -0.05) is 0 Å².